The van der Waals surface area contributed by atoms with Gasteiger partial charge in [0.15, 0.2) is 0 Å². The summed E-state index contributed by atoms with van der Waals surface area (Å²) in [5.41, 5.74) is 18.4. The molecule has 0 amide bonds. The number of hydrogen-bond donors (Lipinski definition) is 0. The minimum atomic E-state index is -0.151. The van der Waals surface area contributed by atoms with Gasteiger partial charge in [-0.2, -0.15) is 0 Å². The highest BCUT2D eigenvalue weighted by atomic mass is 32.1. The lowest BCUT2D eigenvalue weighted by molar-refractivity contribution is 0.660. The van der Waals surface area contributed by atoms with Crippen LogP contribution >= 0.6 is 22.7 Å². The molecule has 0 atom stereocenters. The summed E-state index contributed by atoms with van der Waals surface area (Å²) in [6.07, 6.45) is 0. The van der Waals surface area contributed by atoms with Gasteiger partial charge in [0.1, 0.15) is 0 Å². The molecular formula is C80H46S2. The predicted octanol–water partition coefficient (Wildman–Crippen LogP) is 23.6. The van der Waals surface area contributed by atoms with Crippen molar-refractivity contribution in [1.82, 2.24) is 0 Å². The molecule has 2 heteroatoms. The molecule has 378 valence electrons. The Bertz CT molecular complexity index is 5440. The van der Waals surface area contributed by atoms with Gasteiger partial charge in [-0.3, -0.25) is 0 Å². The lowest BCUT2D eigenvalue weighted by Gasteiger charge is -2.29. The molecule has 0 unspecified atom stereocenters. The predicted molar refractivity (Wildman–Crippen MR) is 356 cm³/mol. The van der Waals surface area contributed by atoms with Crippen molar-refractivity contribution < 1.29 is 0 Å². The summed E-state index contributed by atoms with van der Waals surface area (Å²) in [7, 11) is 0. The van der Waals surface area contributed by atoms with Crippen molar-refractivity contribution in [2.75, 3.05) is 0 Å². The fourth-order valence-electron chi connectivity index (χ4n) is 17.4. The fraction of sp³-hybridized carbons (Fsp3) is 0.0750. The molecular weight excluding hydrogens is 1030 g/mol. The summed E-state index contributed by atoms with van der Waals surface area (Å²) >= 11 is 3.64. The Labute approximate surface area is 479 Å². The third-order valence-electron chi connectivity index (χ3n) is 20.9. The zero-order chi connectivity index (χ0) is 53.5. The van der Waals surface area contributed by atoms with Crippen LogP contribution in [0.25, 0.3) is 195 Å². The van der Waals surface area contributed by atoms with Crippen molar-refractivity contribution in [3.8, 4) is 65.4 Å². The first-order valence-corrected chi connectivity index (χ1v) is 30.8. The Kier molecular flexibility index (Phi) is 7.59. The van der Waals surface area contributed by atoms with Crippen LogP contribution in [0, 0.1) is 0 Å². The van der Waals surface area contributed by atoms with Crippen LogP contribution < -0.4 is 0 Å². The van der Waals surface area contributed by atoms with Gasteiger partial charge >= 0.3 is 0 Å². The number of rotatable bonds is 4. The summed E-state index contributed by atoms with van der Waals surface area (Å²) in [4.78, 5) is 2.64. The molecule has 2 aliphatic rings. The third-order valence-corrected chi connectivity index (χ3v) is 22.7. The first kappa shape index (κ1) is 43.6. The molecule has 19 aromatic rings. The first-order valence-electron chi connectivity index (χ1n) is 29.0. The molecule has 0 bridgehead atoms. The first-order chi connectivity index (χ1) is 40.2. The molecule has 0 N–H and O–H groups in total. The maximum Gasteiger partial charge on any atom is 0.0342 e. The van der Waals surface area contributed by atoms with E-state index < -0.39 is 0 Å². The normalized spacial score (nSPS) is 14.8. The maximum atomic E-state index is 2.57. The number of thiophene rings is 2. The average molecular weight is 1070 g/mol. The van der Waals surface area contributed by atoms with E-state index in [4.69, 9.17) is 0 Å². The van der Waals surface area contributed by atoms with Crippen molar-refractivity contribution >= 4 is 152 Å². The van der Waals surface area contributed by atoms with Crippen LogP contribution in [0.4, 0.5) is 0 Å². The highest BCUT2D eigenvalue weighted by molar-refractivity contribution is 7.13. The van der Waals surface area contributed by atoms with E-state index in [9.17, 15) is 0 Å². The standard InChI is InChI=1S/C80H46S2/c1-79(2)61-35-39(21-25-45(61)47-27-23-41(37-63(47)79)65-19-9-29-81-65)43-31-57-53-15-5-11-49-51-13-7-17-55-59-33-44(40-22-26-46-48-28-24-42(66-20-10-30-82-66)38-64(48)80(3,4)62(46)36-40)34-60-56-18-8-14-52-50-12-6-16-54-58(32-43)71(57)77-73(67(49)53)75(69(51)55)78(72(59)60)76(70(52)56)74(77)68(50)54/h5-38H,1-4H3. The molecule has 82 heavy (non-hydrogen) atoms. The Hall–Kier alpha value is -9.18. The van der Waals surface area contributed by atoms with Crippen LogP contribution in [0.15, 0.2) is 205 Å². The van der Waals surface area contributed by atoms with E-state index >= 15 is 0 Å². The SMILES string of the molecule is CC1(C)c2cc(-c3cc4c5cccc6c7cccc8c9cc(-c%10ccc%11c(c%10)C(C)(C)c%10cc(-c%12cccs%12)ccc%10-%11)cc%10c%11cccc%12c%13cccc%14c(c3)c4c3c(c65)c(c78)c(c9%10)c(c%12%11)c3c%13%14)ccc2-c2ccc(-c3cccs3)cc21. The zero-order valence-electron chi connectivity index (χ0n) is 45.4. The van der Waals surface area contributed by atoms with Crippen LogP contribution in [0.3, 0.4) is 0 Å². The van der Waals surface area contributed by atoms with Gasteiger partial charge in [-0.25, -0.2) is 0 Å². The summed E-state index contributed by atoms with van der Waals surface area (Å²) in [6, 6.07) is 76.9. The van der Waals surface area contributed by atoms with Gasteiger partial charge in [0.05, 0.1) is 0 Å². The highest BCUT2D eigenvalue weighted by Crippen LogP contribution is 2.62. The van der Waals surface area contributed by atoms with E-state index in [1.807, 2.05) is 22.7 Å². The Morgan fingerprint density at radius 3 is 0.756 bits per heavy atom. The average Bonchev–Trinajstić information content (AvgIpc) is 1.01. The van der Waals surface area contributed by atoms with Crippen LogP contribution in [0.2, 0.25) is 0 Å². The summed E-state index contributed by atoms with van der Waals surface area (Å²) in [5.74, 6) is 0. The molecule has 0 radical (unpaired) electrons. The van der Waals surface area contributed by atoms with Crippen molar-refractivity contribution in [2.45, 2.75) is 38.5 Å². The maximum absolute atomic E-state index is 2.57. The van der Waals surface area contributed by atoms with E-state index in [0.717, 1.165) is 0 Å². The Morgan fingerprint density at radius 1 is 0.220 bits per heavy atom. The molecule has 0 saturated carbocycles. The van der Waals surface area contributed by atoms with E-state index in [-0.39, 0.29) is 10.8 Å². The van der Waals surface area contributed by atoms with E-state index in [0.29, 0.717) is 0 Å². The van der Waals surface area contributed by atoms with E-state index in [2.05, 4.69) is 233 Å². The molecule has 0 spiro atoms. The topological polar surface area (TPSA) is 0 Å². The second kappa shape index (κ2) is 14.3. The van der Waals surface area contributed by atoms with Gasteiger partial charge < -0.3 is 0 Å². The molecule has 2 aliphatic carbocycles. The van der Waals surface area contributed by atoms with Crippen LogP contribution in [0.1, 0.15) is 49.9 Å². The summed E-state index contributed by atoms with van der Waals surface area (Å²) in [6.45, 7) is 9.71. The summed E-state index contributed by atoms with van der Waals surface area (Å²) in [5, 5.41) is 37.5. The Morgan fingerprint density at radius 2 is 0.476 bits per heavy atom. The zero-order valence-corrected chi connectivity index (χ0v) is 47.1. The van der Waals surface area contributed by atoms with Crippen LogP contribution in [0.5, 0.6) is 0 Å². The van der Waals surface area contributed by atoms with Gasteiger partial charge in [0.2, 0.25) is 0 Å². The van der Waals surface area contributed by atoms with Crippen molar-refractivity contribution in [2.24, 2.45) is 0 Å². The quantitative estimate of drug-likeness (QED) is 0.122. The molecule has 2 aromatic heterocycles. The number of fused-ring (bicyclic) bond motifs is 12. The smallest absolute Gasteiger partial charge is 0.0342 e. The van der Waals surface area contributed by atoms with Crippen molar-refractivity contribution in [3.63, 3.8) is 0 Å². The van der Waals surface area contributed by atoms with Crippen LogP contribution in [-0.4, -0.2) is 0 Å². The minimum absolute atomic E-state index is 0.151. The van der Waals surface area contributed by atoms with Gasteiger partial charge in [-0.05, 0) is 279 Å². The lowest BCUT2D eigenvalue weighted by Crippen LogP contribution is -2.15. The minimum Gasteiger partial charge on any atom is -0.144 e. The molecule has 0 fully saturated rings. The third kappa shape index (κ3) is 4.92. The van der Waals surface area contributed by atoms with E-state index in [1.54, 1.807) is 0 Å². The highest BCUT2D eigenvalue weighted by Gasteiger charge is 2.39. The molecule has 2 heterocycles. The van der Waals surface area contributed by atoms with Gasteiger partial charge in [-0.1, -0.05) is 161 Å². The number of hydrogen-bond acceptors (Lipinski definition) is 2. The molecule has 0 saturated heterocycles. The molecule has 0 aliphatic heterocycles. The monoisotopic (exact) mass is 1070 g/mol. The van der Waals surface area contributed by atoms with Crippen molar-refractivity contribution in [1.29, 1.82) is 0 Å². The number of benzene rings is 17. The molecule has 21 rings (SSSR count). The second-order valence-electron chi connectivity index (χ2n) is 25.3. The van der Waals surface area contributed by atoms with Gasteiger partial charge in [0, 0.05) is 20.6 Å². The van der Waals surface area contributed by atoms with E-state index in [1.165, 1.54) is 217 Å². The van der Waals surface area contributed by atoms with Gasteiger partial charge in [0.25, 0.3) is 0 Å². The molecule has 0 nitrogen and oxygen atoms in total. The summed E-state index contributed by atoms with van der Waals surface area (Å²) < 4.78 is 0. The van der Waals surface area contributed by atoms with Crippen LogP contribution in [-0.2, 0) is 10.8 Å². The molecule has 17 aromatic carbocycles. The Balaban J connectivity index is 0.862. The van der Waals surface area contributed by atoms with Gasteiger partial charge in [-0.15, -0.1) is 22.7 Å². The second-order valence-corrected chi connectivity index (χ2v) is 27.2. The fourth-order valence-corrected chi connectivity index (χ4v) is 18.8. The largest absolute Gasteiger partial charge is 0.144 e. The lowest BCUT2D eigenvalue weighted by atomic mass is 9.73. The van der Waals surface area contributed by atoms with Crippen molar-refractivity contribution in [3.05, 3.63) is 227 Å².